The molecule has 0 unspecified atom stereocenters. The Hall–Kier alpha value is -1.34. The second-order valence-corrected chi connectivity index (χ2v) is 6.07. The van der Waals surface area contributed by atoms with Crippen LogP contribution >= 0.6 is 24.8 Å². The first-order valence-corrected chi connectivity index (χ1v) is 8.66. The molecule has 148 valence electrons. The summed E-state index contributed by atoms with van der Waals surface area (Å²) in [5, 5.41) is 6.00. The molecule has 2 N–H and O–H groups in total. The Bertz CT molecular complexity index is 564. The molecule has 0 aromatic heterocycles. The van der Waals surface area contributed by atoms with Gasteiger partial charge in [-0.3, -0.25) is 14.5 Å². The van der Waals surface area contributed by atoms with E-state index in [9.17, 15) is 9.59 Å². The van der Waals surface area contributed by atoms with Crippen LogP contribution in [0.15, 0.2) is 24.3 Å². The Kier molecular flexibility index (Phi) is 12.3. The average Bonchev–Trinajstić information content (AvgIpc) is 2.60. The second-order valence-electron chi connectivity index (χ2n) is 6.07. The van der Waals surface area contributed by atoms with Gasteiger partial charge in [0, 0.05) is 44.8 Å². The van der Waals surface area contributed by atoms with Crippen molar-refractivity contribution in [3.05, 3.63) is 29.8 Å². The zero-order valence-corrected chi connectivity index (χ0v) is 17.1. The molecular weight excluding hydrogens is 375 g/mol. The molecule has 2 rings (SSSR count). The molecule has 2 amide bonds. The summed E-state index contributed by atoms with van der Waals surface area (Å²) >= 11 is 0. The van der Waals surface area contributed by atoms with E-state index in [1.807, 2.05) is 36.2 Å². The van der Waals surface area contributed by atoms with Gasteiger partial charge in [-0.05, 0) is 25.1 Å². The van der Waals surface area contributed by atoms with Crippen molar-refractivity contribution in [2.75, 3.05) is 51.6 Å². The van der Waals surface area contributed by atoms with E-state index in [2.05, 4.69) is 22.5 Å². The van der Waals surface area contributed by atoms with E-state index >= 15 is 0 Å². The number of nitrogens with zero attached hydrogens (tertiary/aromatic N) is 2. The number of para-hydroxylation sites is 1. The van der Waals surface area contributed by atoms with Gasteiger partial charge in [0.15, 0.2) is 0 Å². The highest BCUT2D eigenvalue weighted by Crippen LogP contribution is 2.15. The molecule has 6 nitrogen and oxygen atoms in total. The van der Waals surface area contributed by atoms with Crippen LogP contribution in [0.25, 0.3) is 0 Å². The second kappa shape index (κ2) is 12.9. The van der Waals surface area contributed by atoms with Crippen molar-refractivity contribution in [1.82, 2.24) is 15.1 Å². The fraction of sp³-hybridized carbons (Fsp3) is 0.556. The van der Waals surface area contributed by atoms with Crippen LogP contribution in [0.3, 0.4) is 0 Å². The summed E-state index contributed by atoms with van der Waals surface area (Å²) in [6.07, 6.45) is 1.43. The first-order chi connectivity index (χ1) is 11.6. The maximum Gasteiger partial charge on any atom is 0.238 e. The van der Waals surface area contributed by atoms with Gasteiger partial charge in [0.2, 0.25) is 11.8 Å². The lowest BCUT2D eigenvalue weighted by Gasteiger charge is -2.34. The van der Waals surface area contributed by atoms with Crippen molar-refractivity contribution in [1.29, 1.82) is 0 Å². The molecule has 1 fully saturated rings. The summed E-state index contributed by atoms with van der Waals surface area (Å²) in [6, 6.07) is 7.89. The van der Waals surface area contributed by atoms with Crippen molar-refractivity contribution in [3.63, 3.8) is 0 Å². The van der Waals surface area contributed by atoms with E-state index in [1.165, 1.54) is 0 Å². The third-order valence-electron chi connectivity index (χ3n) is 4.35. The number of carbonyl (C=O) groups is 2. The smallest absolute Gasteiger partial charge is 0.238 e. The maximum atomic E-state index is 12.3. The molecule has 1 aromatic carbocycles. The van der Waals surface area contributed by atoms with Crippen molar-refractivity contribution >= 4 is 42.3 Å². The molecule has 0 atom stereocenters. The number of amides is 2. The quantitative estimate of drug-likeness (QED) is 0.726. The predicted molar refractivity (Wildman–Crippen MR) is 111 cm³/mol. The Morgan fingerprint density at radius 1 is 1.08 bits per heavy atom. The molecule has 0 spiro atoms. The monoisotopic (exact) mass is 404 g/mol. The van der Waals surface area contributed by atoms with Crippen molar-refractivity contribution in [2.45, 2.75) is 19.8 Å². The number of benzene rings is 1. The summed E-state index contributed by atoms with van der Waals surface area (Å²) in [6.45, 7) is 6.04. The van der Waals surface area contributed by atoms with Crippen LogP contribution in [-0.2, 0) is 16.0 Å². The number of halogens is 2. The SMILES string of the molecule is CCc1ccccc1NC(=O)CN1CCN(C(=O)CCNC)CC1.Cl.Cl. The third-order valence-corrected chi connectivity index (χ3v) is 4.35. The van der Waals surface area contributed by atoms with Gasteiger partial charge in [-0.25, -0.2) is 0 Å². The van der Waals surface area contributed by atoms with Crippen LogP contribution in [-0.4, -0.2) is 67.9 Å². The standard InChI is InChI=1S/C18H28N4O2.2ClH/c1-3-15-6-4-5-7-16(15)20-17(23)14-21-10-12-22(13-11-21)18(24)8-9-19-2;;/h4-7,19H,3,8-14H2,1-2H3,(H,20,23);2*1H. The van der Waals surface area contributed by atoms with Gasteiger partial charge in [-0.15, -0.1) is 24.8 Å². The average molecular weight is 405 g/mol. The van der Waals surface area contributed by atoms with Crippen molar-refractivity contribution in [3.8, 4) is 0 Å². The number of carbonyl (C=O) groups excluding carboxylic acids is 2. The fourth-order valence-corrected chi connectivity index (χ4v) is 2.89. The van der Waals surface area contributed by atoms with E-state index in [4.69, 9.17) is 0 Å². The molecule has 1 aliphatic heterocycles. The fourth-order valence-electron chi connectivity index (χ4n) is 2.89. The van der Waals surface area contributed by atoms with Gasteiger partial charge in [-0.1, -0.05) is 25.1 Å². The summed E-state index contributed by atoms with van der Waals surface area (Å²) in [4.78, 5) is 28.2. The molecule has 0 radical (unpaired) electrons. The van der Waals surface area contributed by atoms with Gasteiger partial charge >= 0.3 is 0 Å². The van der Waals surface area contributed by atoms with Crippen LogP contribution in [0, 0.1) is 0 Å². The molecule has 1 aromatic rings. The van der Waals surface area contributed by atoms with Gasteiger partial charge < -0.3 is 15.5 Å². The summed E-state index contributed by atoms with van der Waals surface area (Å²) in [5.41, 5.74) is 2.04. The Balaban J connectivity index is 0.00000312. The van der Waals surface area contributed by atoms with Crippen LogP contribution in [0.1, 0.15) is 18.9 Å². The molecular formula is C18H30Cl2N4O2. The number of anilines is 1. The van der Waals surface area contributed by atoms with E-state index in [0.29, 0.717) is 32.6 Å². The normalized spacial score (nSPS) is 14.2. The molecule has 1 aliphatic rings. The zero-order valence-electron chi connectivity index (χ0n) is 15.5. The topological polar surface area (TPSA) is 64.7 Å². The first kappa shape index (κ1) is 24.7. The van der Waals surface area contributed by atoms with Gasteiger partial charge in [0.25, 0.3) is 0 Å². The van der Waals surface area contributed by atoms with Gasteiger partial charge in [0.1, 0.15) is 0 Å². The summed E-state index contributed by atoms with van der Waals surface area (Å²) < 4.78 is 0. The lowest BCUT2D eigenvalue weighted by atomic mass is 10.1. The first-order valence-electron chi connectivity index (χ1n) is 8.66. The van der Waals surface area contributed by atoms with E-state index < -0.39 is 0 Å². The van der Waals surface area contributed by atoms with Crippen LogP contribution in [0.4, 0.5) is 5.69 Å². The van der Waals surface area contributed by atoms with Crippen LogP contribution in [0.5, 0.6) is 0 Å². The summed E-state index contributed by atoms with van der Waals surface area (Å²) in [5.74, 6) is 0.191. The molecule has 0 aliphatic carbocycles. The lowest BCUT2D eigenvalue weighted by molar-refractivity contribution is -0.133. The predicted octanol–water partition coefficient (Wildman–Crippen LogP) is 1.78. The van der Waals surface area contributed by atoms with Gasteiger partial charge in [-0.2, -0.15) is 0 Å². The highest BCUT2D eigenvalue weighted by atomic mass is 35.5. The zero-order chi connectivity index (χ0) is 17.4. The molecule has 1 saturated heterocycles. The molecule has 0 saturated carbocycles. The largest absolute Gasteiger partial charge is 0.340 e. The van der Waals surface area contributed by atoms with Crippen molar-refractivity contribution in [2.24, 2.45) is 0 Å². The number of piperazine rings is 1. The number of aryl methyl sites for hydroxylation is 1. The van der Waals surface area contributed by atoms with E-state index in [0.717, 1.165) is 30.8 Å². The third kappa shape index (κ3) is 7.50. The molecule has 26 heavy (non-hydrogen) atoms. The van der Waals surface area contributed by atoms with E-state index in [1.54, 1.807) is 0 Å². The Morgan fingerprint density at radius 3 is 2.35 bits per heavy atom. The van der Waals surface area contributed by atoms with Gasteiger partial charge in [0.05, 0.1) is 6.54 Å². The highest BCUT2D eigenvalue weighted by Gasteiger charge is 2.22. The van der Waals surface area contributed by atoms with Crippen LogP contribution in [0.2, 0.25) is 0 Å². The minimum atomic E-state index is 0. The molecule has 0 bridgehead atoms. The molecule has 8 heteroatoms. The maximum absolute atomic E-state index is 12.3. The minimum Gasteiger partial charge on any atom is -0.340 e. The Labute approximate surface area is 168 Å². The highest BCUT2D eigenvalue weighted by molar-refractivity contribution is 5.93. The number of rotatable bonds is 7. The Morgan fingerprint density at radius 2 is 1.73 bits per heavy atom. The number of nitrogens with one attached hydrogen (secondary N) is 2. The number of hydrogen-bond acceptors (Lipinski definition) is 4. The van der Waals surface area contributed by atoms with Crippen LogP contribution < -0.4 is 10.6 Å². The summed E-state index contributed by atoms with van der Waals surface area (Å²) in [7, 11) is 1.85. The lowest BCUT2D eigenvalue weighted by Crippen LogP contribution is -2.50. The number of hydrogen-bond donors (Lipinski definition) is 2. The molecule has 1 heterocycles. The minimum absolute atomic E-state index is 0. The van der Waals surface area contributed by atoms with E-state index in [-0.39, 0.29) is 36.6 Å². The van der Waals surface area contributed by atoms with Crippen molar-refractivity contribution < 1.29 is 9.59 Å².